The van der Waals surface area contributed by atoms with Crippen LogP contribution in [0, 0.1) is 0 Å². The largest absolute Gasteiger partial charge is 0.390 e. The predicted molar refractivity (Wildman–Crippen MR) is 72.7 cm³/mol. The van der Waals surface area contributed by atoms with Crippen LogP contribution in [0.2, 0.25) is 0 Å². The van der Waals surface area contributed by atoms with E-state index in [0.29, 0.717) is 5.69 Å². The van der Waals surface area contributed by atoms with E-state index in [2.05, 4.69) is 10.1 Å². The third kappa shape index (κ3) is 2.39. The van der Waals surface area contributed by atoms with Gasteiger partial charge in [0.05, 0.1) is 24.2 Å². The minimum atomic E-state index is -0.0688. The summed E-state index contributed by atoms with van der Waals surface area (Å²) in [6.07, 6.45) is 5.46. The normalized spacial score (nSPS) is 10.6. The summed E-state index contributed by atoms with van der Waals surface area (Å²) in [7, 11) is 0. The number of aromatic nitrogens is 3. The van der Waals surface area contributed by atoms with Gasteiger partial charge in [0.15, 0.2) is 0 Å². The van der Waals surface area contributed by atoms with Crippen LogP contribution in [0.5, 0.6) is 0 Å². The molecule has 4 nitrogen and oxygen atoms in total. The lowest BCUT2D eigenvalue weighted by Crippen LogP contribution is -1.97. The topological polar surface area (TPSA) is 50.9 Å². The summed E-state index contributed by atoms with van der Waals surface area (Å²) in [6, 6.07) is 13.8. The standard InChI is InChI=1S/C15H13N3O/c19-11-14-8-15(6-7-16-14)18-10-13(9-17-18)12-4-2-1-3-5-12/h1-10,19H,11H2. The molecule has 4 heteroatoms. The molecule has 1 aromatic carbocycles. The first kappa shape index (κ1) is 11.6. The van der Waals surface area contributed by atoms with E-state index in [-0.39, 0.29) is 6.61 Å². The van der Waals surface area contributed by atoms with E-state index < -0.39 is 0 Å². The van der Waals surface area contributed by atoms with Crippen molar-refractivity contribution in [1.82, 2.24) is 14.8 Å². The zero-order valence-corrected chi connectivity index (χ0v) is 10.3. The molecule has 0 unspecified atom stereocenters. The Kier molecular flexibility index (Phi) is 3.08. The molecule has 0 saturated carbocycles. The lowest BCUT2D eigenvalue weighted by molar-refractivity contribution is 0.277. The van der Waals surface area contributed by atoms with Crippen LogP contribution in [0.1, 0.15) is 5.69 Å². The highest BCUT2D eigenvalue weighted by Crippen LogP contribution is 2.19. The van der Waals surface area contributed by atoms with E-state index in [0.717, 1.165) is 16.8 Å². The molecule has 19 heavy (non-hydrogen) atoms. The Labute approximate surface area is 111 Å². The fourth-order valence-corrected chi connectivity index (χ4v) is 1.94. The summed E-state index contributed by atoms with van der Waals surface area (Å²) in [6.45, 7) is -0.0688. The van der Waals surface area contributed by atoms with E-state index in [1.807, 2.05) is 54.9 Å². The highest BCUT2D eigenvalue weighted by Gasteiger charge is 2.03. The molecule has 0 amide bonds. The quantitative estimate of drug-likeness (QED) is 0.777. The van der Waals surface area contributed by atoms with Crippen molar-refractivity contribution in [3.8, 4) is 16.8 Å². The Morgan fingerprint density at radius 2 is 1.89 bits per heavy atom. The zero-order chi connectivity index (χ0) is 13.1. The molecule has 0 radical (unpaired) electrons. The molecule has 0 bridgehead atoms. The number of aliphatic hydroxyl groups is 1. The van der Waals surface area contributed by atoms with Crippen LogP contribution >= 0.6 is 0 Å². The second-order valence-corrected chi connectivity index (χ2v) is 4.20. The number of benzene rings is 1. The summed E-state index contributed by atoms with van der Waals surface area (Å²) >= 11 is 0. The fourth-order valence-electron chi connectivity index (χ4n) is 1.94. The molecule has 0 fully saturated rings. The average molecular weight is 251 g/mol. The van der Waals surface area contributed by atoms with Gasteiger partial charge < -0.3 is 5.11 Å². The lowest BCUT2D eigenvalue weighted by atomic mass is 10.1. The third-order valence-electron chi connectivity index (χ3n) is 2.92. The highest BCUT2D eigenvalue weighted by atomic mass is 16.3. The predicted octanol–water partition coefficient (Wildman–Crippen LogP) is 2.43. The van der Waals surface area contributed by atoms with Crippen molar-refractivity contribution in [3.63, 3.8) is 0 Å². The van der Waals surface area contributed by atoms with E-state index in [4.69, 9.17) is 5.11 Å². The summed E-state index contributed by atoms with van der Waals surface area (Å²) < 4.78 is 1.78. The molecule has 2 aromatic heterocycles. The first-order valence-corrected chi connectivity index (χ1v) is 6.03. The van der Waals surface area contributed by atoms with Crippen LogP contribution in [0.3, 0.4) is 0 Å². The van der Waals surface area contributed by atoms with Crippen LogP contribution in [-0.2, 0) is 6.61 Å². The van der Waals surface area contributed by atoms with Gasteiger partial charge >= 0.3 is 0 Å². The Morgan fingerprint density at radius 3 is 2.68 bits per heavy atom. The maximum atomic E-state index is 9.10. The van der Waals surface area contributed by atoms with E-state index in [1.165, 1.54) is 0 Å². The van der Waals surface area contributed by atoms with Gasteiger partial charge in [0, 0.05) is 18.0 Å². The average Bonchev–Trinajstić information content (AvgIpc) is 2.98. The molecule has 94 valence electrons. The number of hydrogen-bond acceptors (Lipinski definition) is 3. The summed E-state index contributed by atoms with van der Waals surface area (Å²) in [5, 5.41) is 13.4. The smallest absolute Gasteiger partial charge is 0.0853 e. The van der Waals surface area contributed by atoms with Gasteiger partial charge in [-0.3, -0.25) is 4.98 Å². The van der Waals surface area contributed by atoms with Gasteiger partial charge in [-0.15, -0.1) is 0 Å². The maximum absolute atomic E-state index is 9.10. The van der Waals surface area contributed by atoms with Crippen LogP contribution in [0.25, 0.3) is 16.8 Å². The Balaban J connectivity index is 1.97. The van der Waals surface area contributed by atoms with Crippen molar-refractivity contribution in [1.29, 1.82) is 0 Å². The number of pyridine rings is 1. The molecule has 0 aliphatic heterocycles. The number of aliphatic hydroxyl groups excluding tert-OH is 1. The Bertz CT molecular complexity index is 677. The number of nitrogens with zero attached hydrogens (tertiary/aromatic N) is 3. The highest BCUT2D eigenvalue weighted by molar-refractivity contribution is 5.61. The van der Waals surface area contributed by atoms with Gasteiger partial charge in [0.1, 0.15) is 0 Å². The van der Waals surface area contributed by atoms with Crippen LogP contribution in [0.15, 0.2) is 61.1 Å². The monoisotopic (exact) mass is 251 g/mol. The summed E-state index contributed by atoms with van der Waals surface area (Å²) in [5.41, 5.74) is 3.71. The van der Waals surface area contributed by atoms with Crippen LogP contribution < -0.4 is 0 Å². The number of hydrogen-bond donors (Lipinski definition) is 1. The van der Waals surface area contributed by atoms with Crippen LogP contribution in [0.4, 0.5) is 0 Å². The molecule has 0 saturated heterocycles. The summed E-state index contributed by atoms with van der Waals surface area (Å²) in [5.74, 6) is 0. The Morgan fingerprint density at radius 1 is 1.05 bits per heavy atom. The SMILES string of the molecule is OCc1cc(-n2cc(-c3ccccc3)cn2)ccn1. The minimum Gasteiger partial charge on any atom is -0.390 e. The minimum absolute atomic E-state index is 0.0688. The molecule has 3 rings (SSSR count). The van der Waals surface area contributed by atoms with Crippen molar-refractivity contribution in [3.05, 3.63) is 66.7 Å². The molecule has 0 aliphatic carbocycles. The van der Waals surface area contributed by atoms with E-state index in [9.17, 15) is 0 Å². The molecular weight excluding hydrogens is 238 g/mol. The van der Waals surface area contributed by atoms with E-state index in [1.54, 1.807) is 10.9 Å². The van der Waals surface area contributed by atoms with Gasteiger partial charge in [-0.2, -0.15) is 5.10 Å². The molecule has 0 spiro atoms. The first-order chi connectivity index (χ1) is 9.36. The second-order valence-electron chi connectivity index (χ2n) is 4.20. The van der Waals surface area contributed by atoms with Crippen molar-refractivity contribution < 1.29 is 5.11 Å². The van der Waals surface area contributed by atoms with Crippen molar-refractivity contribution in [2.75, 3.05) is 0 Å². The molecule has 0 aliphatic rings. The van der Waals surface area contributed by atoms with Crippen LogP contribution in [-0.4, -0.2) is 19.9 Å². The maximum Gasteiger partial charge on any atom is 0.0853 e. The van der Waals surface area contributed by atoms with E-state index >= 15 is 0 Å². The Hall–Kier alpha value is -2.46. The molecule has 2 heterocycles. The first-order valence-electron chi connectivity index (χ1n) is 6.03. The van der Waals surface area contributed by atoms with Crippen molar-refractivity contribution in [2.45, 2.75) is 6.61 Å². The summed E-state index contributed by atoms with van der Waals surface area (Å²) in [4.78, 5) is 4.06. The van der Waals surface area contributed by atoms with Crippen molar-refractivity contribution >= 4 is 0 Å². The second kappa shape index (κ2) is 5.04. The number of rotatable bonds is 3. The van der Waals surface area contributed by atoms with Gasteiger partial charge in [0.25, 0.3) is 0 Å². The molecule has 1 N–H and O–H groups in total. The molecular formula is C15H13N3O. The third-order valence-corrected chi connectivity index (χ3v) is 2.92. The molecule has 0 atom stereocenters. The van der Waals surface area contributed by atoms with Crippen molar-refractivity contribution in [2.24, 2.45) is 0 Å². The van der Waals surface area contributed by atoms with Gasteiger partial charge in [-0.05, 0) is 17.7 Å². The van der Waals surface area contributed by atoms with Gasteiger partial charge in [0.2, 0.25) is 0 Å². The lowest BCUT2D eigenvalue weighted by Gasteiger charge is -2.02. The fraction of sp³-hybridized carbons (Fsp3) is 0.0667. The zero-order valence-electron chi connectivity index (χ0n) is 10.3. The van der Waals surface area contributed by atoms with Gasteiger partial charge in [-0.25, -0.2) is 4.68 Å². The van der Waals surface area contributed by atoms with Gasteiger partial charge in [-0.1, -0.05) is 30.3 Å². The molecule has 3 aromatic rings.